The lowest BCUT2D eigenvalue weighted by atomic mass is 10.1. The molecule has 6 heteroatoms. The first-order valence-electron chi connectivity index (χ1n) is 8.13. The molecule has 1 N–H and O–H groups in total. The molecule has 0 radical (unpaired) electrons. The molecule has 0 aromatic heterocycles. The van der Waals surface area contributed by atoms with E-state index in [0.717, 1.165) is 12.0 Å². The van der Waals surface area contributed by atoms with Crippen molar-refractivity contribution in [2.75, 3.05) is 0 Å². The number of amides is 1. The van der Waals surface area contributed by atoms with Gasteiger partial charge in [0.25, 0.3) is 5.91 Å². The fourth-order valence-electron chi connectivity index (χ4n) is 2.52. The molecule has 0 bridgehead atoms. The van der Waals surface area contributed by atoms with Crippen molar-refractivity contribution in [1.29, 1.82) is 0 Å². The molecule has 0 aliphatic carbocycles. The normalized spacial score (nSPS) is 15.5. The topological polar surface area (TPSA) is 53.9 Å². The Morgan fingerprint density at radius 1 is 1.16 bits per heavy atom. The van der Waals surface area contributed by atoms with Gasteiger partial charge in [-0.15, -0.1) is 0 Å². The third-order valence-corrected chi connectivity index (χ3v) is 4.30. The number of nitrogens with one attached hydrogen (secondary N) is 1. The molecule has 1 heterocycles. The first-order chi connectivity index (χ1) is 11.9. The molecule has 2 aromatic carbocycles. The summed E-state index contributed by atoms with van der Waals surface area (Å²) < 4.78 is 0. The van der Waals surface area contributed by atoms with Gasteiger partial charge in [0.2, 0.25) is 5.72 Å². The van der Waals surface area contributed by atoms with Crippen LogP contribution in [0.4, 0.5) is 0 Å². The second kappa shape index (κ2) is 6.76. The standard InChI is InChI=1S/C19H20ClN3O2/c1-4-13-5-7-15(8-6-13)18(24)21-23-17(22-25-19(23,2)3)14-9-11-16(20)12-10-14/h5-12H,4H2,1-3H3,(H,21,24). The third-order valence-electron chi connectivity index (χ3n) is 4.05. The molecule has 0 fully saturated rings. The van der Waals surface area contributed by atoms with E-state index in [4.69, 9.17) is 16.4 Å². The van der Waals surface area contributed by atoms with E-state index in [0.29, 0.717) is 16.4 Å². The minimum absolute atomic E-state index is 0.220. The number of hydrazine groups is 1. The number of aryl methyl sites for hydroxylation is 1. The number of amidine groups is 1. The zero-order valence-corrected chi connectivity index (χ0v) is 15.2. The van der Waals surface area contributed by atoms with Gasteiger partial charge < -0.3 is 4.84 Å². The molecule has 3 rings (SSSR count). The van der Waals surface area contributed by atoms with Gasteiger partial charge >= 0.3 is 0 Å². The number of oxime groups is 1. The molecule has 25 heavy (non-hydrogen) atoms. The van der Waals surface area contributed by atoms with Crippen LogP contribution in [0.2, 0.25) is 5.02 Å². The smallest absolute Gasteiger partial charge is 0.269 e. The number of hydrogen-bond donors (Lipinski definition) is 1. The van der Waals surface area contributed by atoms with E-state index in [2.05, 4.69) is 17.5 Å². The number of rotatable bonds is 4. The van der Waals surface area contributed by atoms with Crippen LogP contribution < -0.4 is 5.43 Å². The summed E-state index contributed by atoms with van der Waals surface area (Å²) in [6.07, 6.45) is 0.933. The van der Waals surface area contributed by atoms with Gasteiger partial charge in [-0.3, -0.25) is 10.2 Å². The van der Waals surface area contributed by atoms with Crippen molar-refractivity contribution < 1.29 is 9.63 Å². The number of hydrogen-bond acceptors (Lipinski definition) is 4. The van der Waals surface area contributed by atoms with Crippen molar-refractivity contribution in [3.05, 3.63) is 70.2 Å². The van der Waals surface area contributed by atoms with E-state index < -0.39 is 5.72 Å². The summed E-state index contributed by atoms with van der Waals surface area (Å²) in [5, 5.41) is 6.39. The van der Waals surface area contributed by atoms with Gasteiger partial charge in [0.15, 0.2) is 5.84 Å². The van der Waals surface area contributed by atoms with Crippen LogP contribution in [0.1, 0.15) is 42.3 Å². The van der Waals surface area contributed by atoms with E-state index in [1.54, 1.807) is 17.1 Å². The second-order valence-corrected chi connectivity index (χ2v) is 6.72. The SMILES string of the molecule is CCc1ccc(C(=O)NN2C(c3ccc(Cl)cc3)=NOC2(C)C)cc1. The van der Waals surface area contributed by atoms with Gasteiger partial charge in [-0.05, 0) is 62.2 Å². The Bertz CT molecular complexity index is 798. The molecule has 0 saturated carbocycles. The molecule has 1 aliphatic rings. The first-order valence-corrected chi connectivity index (χ1v) is 8.51. The molecule has 0 spiro atoms. The highest BCUT2D eigenvalue weighted by Crippen LogP contribution is 2.26. The summed E-state index contributed by atoms with van der Waals surface area (Å²) >= 11 is 5.95. The zero-order chi connectivity index (χ0) is 18.0. The zero-order valence-electron chi connectivity index (χ0n) is 14.4. The third kappa shape index (κ3) is 3.61. The number of halogens is 1. The molecule has 1 amide bonds. The van der Waals surface area contributed by atoms with Crippen molar-refractivity contribution in [2.45, 2.75) is 32.9 Å². The van der Waals surface area contributed by atoms with Crippen molar-refractivity contribution in [3.63, 3.8) is 0 Å². The Kier molecular flexibility index (Phi) is 4.68. The molecular formula is C19H20ClN3O2. The van der Waals surface area contributed by atoms with Crippen LogP contribution in [0.3, 0.4) is 0 Å². The summed E-state index contributed by atoms with van der Waals surface area (Å²) in [7, 11) is 0. The predicted molar refractivity (Wildman–Crippen MR) is 98.3 cm³/mol. The summed E-state index contributed by atoms with van der Waals surface area (Å²) in [6.45, 7) is 5.74. The van der Waals surface area contributed by atoms with Crippen LogP contribution in [0, 0.1) is 0 Å². The Morgan fingerprint density at radius 3 is 2.40 bits per heavy atom. The van der Waals surface area contributed by atoms with Gasteiger partial charge in [-0.2, -0.15) is 0 Å². The fraction of sp³-hybridized carbons (Fsp3) is 0.263. The van der Waals surface area contributed by atoms with Crippen molar-refractivity contribution in [2.24, 2.45) is 5.16 Å². The van der Waals surface area contributed by atoms with Gasteiger partial charge in [0.1, 0.15) is 0 Å². The minimum atomic E-state index is -0.798. The molecule has 130 valence electrons. The van der Waals surface area contributed by atoms with E-state index in [1.165, 1.54) is 5.56 Å². The predicted octanol–water partition coefficient (Wildman–Crippen LogP) is 3.98. The largest absolute Gasteiger partial charge is 0.364 e. The van der Waals surface area contributed by atoms with Crippen LogP contribution in [-0.4, -0.2) is 22.5 Å². The van der Waals surface area contributed by atoms with Crippen LogP contribution in [-0.2, 0) is 11.3 Å². The monoisotopic (exact) mass is 357 g/mol. The van der Waals surface area contributed by atoms with Crippen molar-refractivity contribution in [3.8, 4) is 0 Å². The molecular weight excluding hydrogens is 338 g/mol. The molecule has 0 saturated heterocycles. The lowest BCUT2D eigenvalue weighted by Crippen LogP contribution is -2.54. The molecule has 5 nitrogen and oxygen atoms in total. The number of benzene rings is 2. The highest BCUT2D eigenvalue weighted by Gasteiger charge is 2.39. The quantitative estimate of drug-likeness (QED) is 0.900. The van der Waals surface area contributed by atoms with Crippen LogP contribution in [0.15, 0.2) is 53.7 Å². The lowest BCUT2D eigenvalue weighted by molar-refractivity contribution is -0.0824. The van der Waals surface area contributed by atoms with E-state index in [1.807, 2.05) is 50.2 Å². The van der Waals surface area contributed by atoms with Crippen molar-refractivity contribution in [1.82, 2.24) is 10.4 Å². The maximum Gasteiger partial charge on any atom is 0.269 e. The number of nitrogens with zero attached hydrogens (tertiary/aromatic N) is 2. The Labute approximate surface area is 152 Å². The number of carbonyl (C=O) groups is 1. The molecule has 1 aliphatic heterocycles. The maximum absolute atomic E-state index is 12.6. The average Bonchev–Trinajstić information content (AvgIpc) is 2.90. The second-order valence-electron chi connectivity index (χ2n) is 6.29. The van der Waals surface area contributed by atoms with Gasteiger partial charge in [-0.1, -0.05) is 35.8 Å². The maximum atomic E-state index is 12.6. The van der Waals surface area contributed by atoms with Crippen LogP contribution in [0.25, 0.3) is 0 Å². The Hall–Kier alpha value is -2.53. The van der Waals surface area contributed by atoms with Gasteiger partial charge in [0.05, 0.1) is 0 Å². The van der Waals surface area contributed by atoms with E-state index in [-0.39, 0.29) is 5.91 Å². The van der Waals surface area contributed by atoms with E-state index >= 15 is 0 Å². The fourth-order valence-corrected chi connectivity index (χ4v) is 2.64. The molecule has 0 atom stereocenters. The van der Waals surface area contributed by atoms with E-state index in [9.17, 15) is 4.79 Å². The Morgan fingerprint density at radius 2 is 1.80 bits per heavy atom. The lowest BCUT2D eigenvalue weighted by Gasteiger charge is -2.31. The van der Waals surface area contributed by atoms with Gasteiger partial charge in [0, 0.05) is 16.1 Å². The summed E-state index contributed by atoms with van der Waals surface area (Å²) in [5.41, 5.74) is 4.66. The summed E-state index contributed by atoms with van der Waals surface area (Å²) in [4.78, 5) is 18.1. The Balaban J connectivity index is 1.83. The highest BCUT2D eigenvalue weighted by molar-refractivity contribution is 6.30. The first kappa shape index (κ1) is 17.3. The summed E-state index contributed by atoms with van der Waals surface area (Å²) in [5.74, 6) is 0.308. The number of carbonyl (C=O) groups excluding carboxylic acids is 1. The molecule has 0 unspecified atom stereocenters. The highest BCUT2D eigenvalue weighted by atomic mass is 35.5. The minimum Gasteiger partial charge on any atom is -0.364 e. The summed E-state index contributed by atoms with van der Waals surface area (Å²) in [6, 6.07) is 14.8. The van der Waals surface area contributed by atoms with Gasteiger partial charge in [-0.25, -0.2) is 5.01 Å². The molecule has 2 aromatic rings. The van der Waals surface area contributed by atoms with Crippen LogP contribution >= 0.6 is 11.6 Å². The average molecular weight is 358 g/mol. The van der Waals surface area contributed by atoms with Crippen LogP contribution in [0.5, 0.6) is 0 Å². The van der Waals surface area contributed by atoms with Crippen molar-refractivity contribution >= 4 is 23.3 Å².